The van der Waals surface area contributed by atoms with Crippen LogP contribution in [0.3, 0.4) is 0 Å². The van der Waals surface area contributed by atoms with Gasteiger partial charge in [0.15, 0.2) is 0 Å². The van der Waals surface area contributed by atoms with Crippen LogP contribution in [0.25, 0.3) is 0 Å². The molecule has 1 saturated heterocycles. The van der Waals surface area contributed by atoms with E-state index >= 15 is 0 Å². The maximum atomic E-state index is 6.07. The van der Waals surface area contributed by atoms with Crippen molar-refractivity contribution in [1.82, 2.24) is 5.32 Å². The van der Waals surface area contributed by atoms with E-state index in [1.807, 2.05) is 6.07 Å². The molecule has 0 bridgehead atoms. The third-order valence-electron chi connectivity index (χ3n) is 3.54. The highest BCUT2D eigenvalue weighted by atomic mass is 16.5. The normalized spacial score (nSPS) is 23.9. The lowest BCUT2D eigenvalue weighted by Gasteiger charge is -2.32. The van der Waals surface area contributed by atoms with Crippen LogP contribution >= 0.6 is 0 Å². The van der Waals surface area contributed by atoms with Gasteiger partial charge in [0.2, 0.25) is 0 Å². The summed E-state index contributed by atoms with van der Waals surface area (Å²) in [6.07, 6.45) is 1.13. The Bertz CT molecular complexity index is 390. The highest BCUT2D eigenvalue weighted by Gasteiger charge is 2.26. The molecule has 1 aromatic carbocycles. The van der Waals surface area contributed by atoms with Crippen LogP contribution in [0, 0.1) is 13.8 Å². The van der Waals surface area contributed by atoms with Gasteiger partial charge in [0.05, 0.1) is 6.61 Å². The SMILES string of the molecule is CCNC1CCOCC1Oc1ccc(C)c(C)c1. The minimum Gasteiger partial charge on any atom is -0.486 e. The van der Waals surface area contributed by atoms with E-state index in [1.165, 1.54) is 11.1 Å². The zero-order chi connectivity index (χ0) is 13.0. The molecule has 1 heterocycles. The highest BCUT2D eigenvalue weighted by molar-refractivity contribution is 5.34. The van der Waals surface area contributed by atoms with Crippen LogP contribution in [0.1, 0.15) is 24.5 Å². The van der Waals surface area contributed by atoms with Crippen molar-refractivity contribution >= 4 is 0 Å². The Labute approximate surface area is 109 Å². The largest absolute Gasteiger partial charge is 0.486 e. The van der Waals surface area contributed by atoms with E-state index in [9.17, 15) is 0 Å². The Balaban J connectivity index is 2.03. The molecule has 0 saturated carbocycles. The summed E-state index contributed by atoms with van der Waals surface area (Å²) >= 11 is 0. The third-order valence-corrected chi connectivity index (χ3v) is 3.54. The third kappa shape index (κ3) is 3.24. The van der Waals surface area contributed by atoms with E-state index in [0.717, 1.165) is 25.3 Å². The first-order valence-corrected chi connectivity index (χ1v) is 6.75. The molecule has 18 heavy (non-hydrogen) atoms. The fourth-order valence-electron chi connectivity index (χ4n) is 2.29. The van der Waals surface area contributed by atoms with Crippen LogP contribution in [-0.4, -0.2) is 31.9 Å². The van der Waals surface area contributed by atoms with E-state index < -0.39 is 0 Å². The fraction of sp³-hybridized carbons (Fsp3) is 0.600. The molecule has 1 fully saturated rings. The number of hydrogen-bond donors (Lipinski definition) is 1. The number of benzene rings is 1. The van der Waals surface area contributed by atoms with Crippen LogP contribution in [0.2, 0.25) is 0 Å². The molecule has 0 spiro atoms. The van der Waals surface area contributed by atoms with Gasteiger partial charge in [-0.1, -0.05) is 13.0 Å². The zero-order valence-corrected chi connectivity index (χ0v) is 11.5. The molecule has 100 valence electrons. The Morgan fingerprint density at radius 3 is 2.89 bits per heavy atom. The van der Waals surface area contributed by atoms with Gasteiger partial charge in [-0.2, -0.15) is 0 Å². The first kappa shape index (κ1) is 13.4. The van der Waals surface area contributed by atoms with Crippen LogP contribution in [0.4, 0.5) is 0 Å². The van der Waals surface area contributed by atoms with Crippen LogP contribution in [0.15, 0.2) is 18.2 Å². The first-order valence-electron chi connectivity index (χ1n) is 6.75. The van der Waals surface area contributed by atoms with Crippen LogP contribution in [0.5, 0.6) is 5.75 Å². The van der Waals surface area contributed by atoms with Crippen LogP contribution in [-0.2, 0) is 4.74 Å². The van der Waals surface area contributed by atoms with Crippen molar-refractivity contribution in [3.05, 3.63) is 29.3 Å². The number of nitrogens with one attached hydrogen (secondary N) is 1. The molecule has 0 aliphatic carbocycles. The van der Waals surface area contributed by atoms with Gasteiger partial charge in [-0.05, 0) is 50.1 Å². The lowest BCUT2D eigenvalue weighted by atomic mass is 10.1. The summed E-state index contributed by atoms with van der Waals surface area (Å²) in [7, 11) is 0. The summed E-state index contributed by atoms with van der Waals surface area (Å²) in [6, 6.07) is 6.65. The molecule has 0 aromatic heterocycles. The fourth-order valence-corrected chi connectivity index (χ4v) is 2.29. The maximum Gasteiger partial charge on any atom is 0.137 e. The van der Waals surface area contributed by atoms with Crippen molar-refractivity contribution in [2.24, 2.45) is 0 Å². The lowest BCUT2D eigenvalue weighted by molar-refractivity contribution is -0.0143. The van der Waals surface area contributed by atoms with Gasteiger partial charge in [-0.25, -0.2) is 0 Å². The van der Waals surface area contributed by atoms with Gasteiger partial charge in [0.25, 0.3) is 0 Å². The summed E-state index contributed by atoms with van der Waals surface area (Å²) in [5, 5.41) is 3.48. The molecule has 1 aromatic rings. The van der Waals surface area contributed by atoms with E-state index in [1.54, 1.807) is 0 Å². The Hall–Kier alpha value is -1.06. The van der Waals surface area contributed by atoms with Gasteiger partial charge in [-0.15, -0.1) is 0 Å². The molecular weight excluding hydrogens is 226 g/mol. The van der Waals surface area contributed by atoms with Crippen molar-refractivity contribution in [1.29, 1.82) is 0 Å². The molecule has 3 nitrogen and oxygen atoms in total. The van der Waals surface area contributed by atoms with E-state index in [0.29, 0.717) is 12.6 Å². The van der Waals surface area contributed by atoms with Gasteiger partial charge in [0, 0.05) is 12.6 Å². The van der Waals surface area contributed by atoms with Crippen molar-refractivity contribution in [3.8, 4) is 5.75 Å². The van der Waals surface area contributed by atoms with Crippen molar-refractivity contribution in [3.63, 3.8) is 0 Å². The molecule has 2 unspecified atom stereocenters. The lowest BCUT2D eigenvalue weighted by Crippen LogP contribution is -2.49. The van der Waals surface area contributed by atoms with Gasteiger partial charge in [-0.3, -0.25) is 0 Å². The number of hydrogen-bond acceptors (Lipinski definition) is 3. The minimum atomic E-state index is 0.112. The zero-order valence-electron chi connectivity index (χ0n) is 11.5. The topological polar surface area (TPSA) is 30.5 Å². The second-order valence-corrected chi connectivity index (χ2v) is 4.93. The molecule has 1 N–H and O–H groups in total. The first-order chi connectivity index (χ1) is 8.70. The van der Waals surface area contributed by atoms with Crippen molar-refractivity contribution < 1.29 is 9.47 Å². The molecule has 2 rings (SSSR count). The minimum absolute atomic E-state index is 0.112. The quantitative estimate of drug-likeness (QED) is 0.889. The highest BCUT2D eigenvalue weighted by Crippen LogP contribution is 2.20. The smallest absolute Gasteiger partial charge is 0.137 e. The molecule has 0 radical (unpaired) electrons. The summed E-state index contributed by atoms with van der Waals surface area (Å²) in [5.74, 6) is 0.941. The van der Waals surface area contributed by atoms with Crippen LogP contribution < -0.4 is 10.1 Å². The van der Waals surface area contributed by atoms with Gasteiger partial charge >= 0.3 is 0 Å². The van der Waals surface area contributed by atoms with Crippen molar-refractivity contribution in [2.45, 2.75) is 39.3 Å². The molecular formula is C15H23NO2. The van der Waals surface area contributed by atoms with E-state index in [4.69, 9.17) is 9.47 Å². The Morgan fingerprint density at radius 1 is 1.33 bits per heavy atom. The second kappa shape index (κ2) is 6.21. The molecule has 3 heteroatoms. The number of ether oxygens (including phenoxy) is 2. The van der Waals surface area contributed by atoms with E-state index in [-0.39, 0.29) is 6.10 Å². The second-order valence-electron chi connectivity index (χ2n) is 4.93. The summed E-state index contributed by atoms with van der Waals surface area (Å²) in [4.78, 5) is 0. The molecule has 0 amide bonds. The Kier molecular flexibility index (Phi) is 4.61. The molecule has 1 aliphatic rings. The monoisotopic (exact) mass is 249 g/mol. The predicted molar refractivity (Wildman–Crippen MR) is 73.2 cm³/mol. The van der Waals surface area contributed by atoms with Gasteiger partial charge in [0.1, 0.15) is 11.9 Å². The maximum absolute atomic E-state index is 6.07. The standard InChI is InChI=1S/C15H23NO2/c1-4-16-14-7-8-17-10-15(14)18-13-6-5-11(2)12(3)9-13/h5-6,9,14-16H,4,7-8,10H2,1-3H3. The van der Waals surface area contributed by atoms with Gasteiger partial charge < -0.3 is 14.8 Å². The number of likely N-dealkylation sites (N-methyl/N-ethyl adjacent to an activating group) is 1. The van der Waals surface area contributed by atoms with E-state index in [2.05, 4.69) is 38.2 Å². The summed E-state index contributed by atoms with van der Waals surface area (Å²) in [6.45, 7) is 8.82. The number of aryl methyl sites for hydroxylation is 2. The summed E-state index contributed by atoms with van der Waals surface area (Å²) < 4.78 is 11.6. The summed E-state index contributed by atoms with van der Waals surface area (Å²) in [5.41, 5.74) is 2.56. The van der Waals surface area contributed by atoms with Crippen molar-refractivity contribution in [2.75, 3.05) is 19.8 Å². The average molecular weight is 249 g/mol. The molecule has 2 atom stereocenters. The number of rotatable bonds is 4. The average Bonchev–Trinajstić information content (AvgIpc) is 2.37. The predicted octanol–water partition coefficient (Wildman–Crippen LogP) is 2.45. The Morgan fingerprint density at radius 2 is 2.17 bits per heavy atom. The molecule has 1 aliphatic heterocycles.